The van der Waals surface area contributed by atoms with Gasteiger partial charge in [-0.15, -0.1) is 0 Å². The zero-order valence-corrected chi connectivity index (χ0v) is 17.2. The average Bonchev–Trinajstić information content (AvgIpc) is 2.71. The molecule has 9 heteroatoms. The van der Waals surface area contributed by atoms with E-state index in [0.717, 1.165) is 11.1 Å². The van der Waals surface area contributed by atoms with E-state index >= 15 is 0 Å². The Kier molecular flexibility index (Phi) is 8.64. The molecule has 2 N–H and O–H groups in total. The van der Waals surface area contributed by atoms with Gasteiger partial charge < -0.3 is 15.4 Å². The van der Waals surface area contributed by atoms with Crippen LogP contribution in [0.15, 0.2) is 30.6 Å². The molecule has 0 atom stereocenters. The van der Waals surface area contributed by atoms with Crippen LogP contribution in [-0.2, 0) is 17.8 Å². The SMILES string of the molecule is Cc1cc(OCC(F)F)ncc1CNC(=O)c1cccnc1CCNC(=O)C(C)C. The molecule has 0 saturated carbocycles. The summed E-state index contributed by atoms with van der Waals surface area (Å²) in [5, 5.41) is 5.62. The Morgan fingerprint density at radius 3 is 2.63 bits per heavy atom. The van der Waals surface area contributed by atoms with Gasteiger partial charge in [0, 0.05) is 43.9 Å². The van der Waals surface area contributed by atoms with Crippen molar-refractivity contribution in [2.45, 2.75) is 40.2 Å². The van der Waals surface area contributed by atoms with Crippen LogP contribution < -0.4 is 15.4 Å². The summed E-state index contributed by atoms with van der Waals surface area (Å²) in [6, 6.07) is 4.90. The Labute approximate surface area is 174 Å². The molecule has 7 nitrogen and oxygen atoms in total. The second kappa shape index (κ2) is 11.2. The van der Waals surface area contributed by atoms with Crippen molar-refractivity contribution in [2.24, 2.45) is 5.92 Å². The molecule has 0 aromatic carbocycles. The Balaban J connectivity index is 1.96. The first-order valence-corrected chi connectivity index (χ1v) is 9.64. The standard InChI is InChI=1S/C21H26F2N4O3/c1-13(2)20(28)25-8-6-17-16(5-4-7-24-17)21(29)27-11-15-10-26-19(9-14(15)3)30-12-18(22)23/h4-5,7,9-10,13,18H,6,8,11-12H2,1-3H3,(H,25,28)(H,27,29). The van der Waals surface area contributed by atoms with Gasteiger partial charge in [-0.2, -0.15) is 0 Å². The van der Waals surface area contributed by atoms with Crippen molar-refractivity contribution in [3.05, 3.63) is 53.0 Å². The highest BCUT2D eigenvalue weighted by molar-refractivity contribution is 5.95. The molecular formula is C21H26F2N4O3. The van der Waals surface area contributed by atoms with E-state index in [1.165, 1.54) is 6.20 Å². The lowest BCUT2D eigenvalue weighted by molar-refractivity contribution is -0.123. The van der Waals surface area contributed by atoms with Gasteiger partial charge >= 0.3 is 0 Å². The molecule has 0 spiro atoms. The third-order valence-corrected chi connectivity index (χ3v) is 4.31. The molecule has 162 valence electrons. The monoisotopic (exact) mass is 420 g/mol. The highest BCUT2D eigenvalue weighted by Crippen LogP contribution is 2.15. The fourth-order valence-corrected chi connectivity index (χ4v) is 2.59. The van der Waals surface area contributed by atoms with E-state index < -0.39 is 13.0 Å². The second-order valence-corrected chi connectivity index (χ2v) is 7.03. The first-order valence-electron chi connectivity index (χ1n) is 9.64. The summed E-state index contributed by atoms with van der Waals surface area (Å²) in [7, 11) is 0. The maximum absolute atomic E-state index is 12.6. The molecular weight excluding hydrogens is 394 g/mol. The van der Waals surface area contributed by atoms with E-state index in [2.05, 4.69) is 20.6 Å². The summed E-state index contributed by atoms with van der Waals surface area (Å²) < 4.78 is 29.4. The molecule has 0 aliphatic rings. The number of nitrogens with zero attached hydrogens (tertiary/aromatic N) is 2. The van der Waals surface area contributed by atoms with Crippen LogP contribution in [0.1, 0.15) is 41.0 Å². The van der Waals surface area contributed by atoms with Gasteiger partial charge in [0.25, 0.3) is 12.3 Å². The number of aryl methyl sites for hydroxylation is 1. The van der Waals surface area contributed by atoms with Crippen LogP contribution in [0.25, 0.3) is 0 Å². The summed E-state index contributed by atoms with van der Waals surface area (Å²) in [5.74, 6) is -0.354. The molecule has 2 aromatic heterocycles. The third kappa shape index (κ3) is 7.06. The van der Waals surface area contributed by atoms with E-state index in [4.69, 9.17) is 4.74 Å². The maximum atomic E-state index is 12.6. The normalized spacial score (nSPS) is 10.9. The van der Waals surface area contributed by atoms with Crippen LogP contribution in [-0.4, -0.2) is 41.4 Å². The van der Waals surface area contributed by atoms with Crippen molar-refractivity contribution in [1.82, 2.24) is 20.6 Å². The number of hydrogen-bond acceptors (Lipinski definition) is 5. The van der Waals surface area contributed by atoms with Crippen molar-refractivity contribution < 1.29 is 23.1 Å². The molecule has 0 unspecified atom stereocenters. The minimum atomic E-state index is -2.57. The molecule has 0 bridgehead atoms. The van der Waals surface area contributed by atoms with Crippen LogP contribution in [0.2, 0.25) is 0 Å². The number of pyridine rings is 2. The number of nitrogens with one attached hydrogen (secondary N) is 2. The zero-order valence-electron chi connectivity index (χ0n) is 17.2. The van der Waals surface area contributed by atoms with Crippen LogP contribution in [0.5, 0.6) is 5.88 Å². The summed E-state index contributed by atoms with van der Waals surface area (Å²) in [6.45, 7) is 5.28. The van der Waals surface area contributed by atoms with E-state index in [1.54, 1.807) is 31.3 Å². The molecule has 30 heavy (non-hydrogen) atoms. The Morgan fingerprint density at radius 2 is 1.97 bits per heavy atom. The molecule has 0 fully saturated rings. The first kappa shape index (κ1) is 23.2. The van der Waals surface area contributed by atoms with Gasteiger partial charge in [0.05, 0.1) is 11.3 Å². The number of hydrogen-bond donors (Lipinski definition) is 2. The van der Waals surface area contributed by atoms with Crippen LogP contribution >= 0.6 is 0 Å². The van der Waals surface area contributed by atoms with Crippen molar-refractivity contribution in [3.8, 4) is 5.88 Å². The van der Waals surface area contributed by atoms with Gasteiger partial charge in [0.2, 0.25) is 11.8 Å². The predicted molar refractivity (Wildman–Crippen MR) is 107 cm³/mol. The molecule has 0 saturated heterocycles. The van der Waals surface area contributed by atoms with Gasteiger partial charge in [0.15, 0.2) is 6.61 Å². The smallest absolute Gasteiger partial charge is 0.272 e. The van der Waals surface area contributed by atoms with Crippen molar-refractivity contribution in [1.29, 1.82) is 0 Å². The number of rotatable bonds is 10. The number of ether oxygens (including phenoxy) is 1. The number of amides is 2. The van der Waals surface area contributed by atoms with Crippen molar-refractivity contribution >= 4 is 11.8 Å². The zero-order chi connectivity index (χ0) is 22.1. The molecule has 2 amide bonds. The minimum Gasteiger partial charge on any atom is -0.472 e. The molecule has 0 aliphatic heterocycles. The van der Waals surface area contributed by atoms with Gasteiger partial charge in [0.1, 0.15) is 0 Å². The number of alkyl halides is 2. The molecule has 2 aromatic rings. The fraction of sp³-hybridized carbons (Fsp3) is 0.429. The van der Waals surface area contributed by atoms with Crippen LogP contribution in [0.3, 0.4) is 0 Å². The molecule has 0 aliphatic carbocycles. The minimum absolute atomic E-state index is 0.0547. The molecule has 2 rings (SSSR count). The summed E-state index contributed by atoms with van der Waals surface area (Å²) >= 11 is 0. The Morgan fingerprint density at radius 1 is 1.20 bits per heavy atom. The van der Waals surface area contributed by atoms with Gasteiger partial charge in [-0.05, 0) is 30.2 Å². The highest BCUT2D eigenvalue weighted by atomic mass is 19.3. The number of aromatic nitrogens is 2. The van der Waals surface area contributed by atoms with Crippen LogP contribution in [0.4, 0.5) is 8.78 Å². The summed E-state index contributed by atoms with van der Waals surface area (Å²) in [6.07, 6.45) is 0.946. The van der Waals surface area contributed by atoms with E-state index in [9.17, 15) is 18.4 Å². The Hall–Kier alpha value is -3.10. The fourth-order valence-electron chi connectivity index (χ4n) is 2.59. The van der Waals surface area contributed by atoms with E-state index in [-0.39, 0.29) is 30.2 Å². The predicted octanol–water partition coefficient (Wildman–Crippen LogP) is 2.67. The average molecular weight is 420 g/mol. The largest absolute Gasteiger partial charge is 0.472 e. The third-order valence-electron chi connectivity index (χ3n) is 4.31. The lowest BCUT2D eigenvalue weighted by Gasteiger charge is -2.12. The van der Waals surface area contributed by atoms with Gasteiger partial charge in [-0.3, -0.25) is 14.6 Å². The Bertz CT molecular complexity index is 875. The summed E-state index contributed by atoms with van der Waals surface area (Å²) in [5.41, 5.74) is 2.52. The lowest BCUT2D eigenvalue weighted by Crippen LogP contribution is -2.30. The highest BCUT2D eigenvalue weighted by Gasteiger charge is 2.14. The van der Waals surface area contributed by atoms with E-state index in [1.807, 2.05) is 13.8 Å². The number of carbonyl (C=O) groups is 2. The van der Waals surface area contributed by atoms with Crippen LogP contribution in [0, 0.1) is 12.8 Å². The van der Waals surface area contributed by atoms with Gasteiger partial charge in [-0.1, -0.05) is 13.8 Å². The molecule has 2 heterocycles. The van der Waals surface area contributed by atoms with E-state index in [0.29, 0.717) is 24.2 Å². The summed E-state index contributed by atoms with van der Waals surface area (Å²) in [4.78, 5) is 32.6. The maximum Gasteiger partial charge on any atom is 0.272 e. The quantitative estimate of drug-likeness (QED) is 0.617. The van der Waals surface area contributed by atoms with Gasteiger partial charge in [-0.25, -0.2) is 13.8 Å². The topological polar surface area (TPSA) is 93.2 Å². The molecule has 0 radical (unpaired) electrons. The number of carbonyl (C=O) groups excluding carboxylic acids is 2. The number of halogens is 2. The van der Waals surface area contributed by atoms with Crippen molar-refractivity contribution in [3.63, 3.8) is 0 Å². The first-order chi connectivity index (χ1) is 14.3. The second-order valence-electron chi connectivity index (χ2n) is 7.03. The van der Waals surface area contributed by atoms with Crippen molar-refractivity contribution in [2.75, 3.05) is 13.2 Å². The lowest BCUT2D eigenvalue weighted by atomic mass is 10.1.